The van der Waals surface area contributed by atoms with Crippen molar-refractivity contribution in [1.29, 1.82) is 0 Å². The van der Waals surface area contributed by atoms with Gasteiger partial charge in [0.2, 0.25) is 0 Å². The SMILES string of the molecule is COc1ccc([C@H](C)Nc2cc(=O)n(C(C)C)c(=O)[nH]2)cc1. The molecular weight excluding hydrogens is 282 g/mol. The van der Waals surface area contributed by atoms with E-state index in [0.29, 0.717) is 5.82 Å². The van der Waals surface area contributed by atoms with Crippen molar-refractivity contribution in [2.45, 2.75) is 32.9 Å². The molecule has 0 fully saturated rings. The minimum absolute atomic E-state index is 0.0594. The van der Waals surface area contributed by atoms with Crippen LogP contribution in [0.4, 0.5) is 5.82 Å². The van der Waals surface area contributed by atoms with Crippen molar-refractivity contribution < 1.29 is 4.74 Å². The Bertz CT molecular complexity index is 713. The van der Waals surface area contributed by atoms with Gasteiger partial charge in [-0.1, -0.05) is 12.1 Å². The summed E-state index contributed by atoms with van der Waals surface area (Å²) in [4.78, 5) is 26.6. The van der Waals surface area contributed by atoms with Gasteiger partial charge < -0.3 is 10.1 Å². The van der Waals surface area contributed by atoms with Crippen molar-refractivity contribution in [3.8, 4) is 5.75 Å². The highest BCUT2D eigenvalue weighted by atomic mass is 16.5. The summed E-state index contributed by atoms with van der Waals surface area (Å²) in [5.74, 6) is 1.19. The molecule has 22 heavy (non-hydrogen) atoms. The van der Waals surface area contributed by atoms with E-state index in [9.17, 15) is 9.59 Å². The van der Waals surface area contributed by atoms with Gasteiger partial charge in [-0.25, -0.2) is 4.79 Å². The van der Waals surface area contributed by atoms with Gasteiger partial charge >= 0.3 is 5.69 Å². The van der Waals surface area contributed by atoms with Crippen molar-refractivity contribution in [2.24, 2.45) is 0 Å². The normalized spacial score (nSPS) is 12.2. The van der Waals surface area contributed by atoms with Gasteiger partial charge in [0.25, 0.3) is 5.56 Å². The summed E-state index contributed by atoms with van der Waals surface area (Å²) in [6.45, 7) is 5.54. The smallest absolute Gasteiger partial charge is 0.330 e. The number of nitrogens with one attached hydrogen (secondary N) is 2. The van der Waals surface area contributed by atoms with Crippen molar-refractivity contribution in [3.05, 3.63) is 56.7 Å². The molecule has 0 radical (unpaired) electrons. The molecule has 2 rings (SSSR count). The molecule has 6 heteroatoms. The Hall–Kier alpha value is -2.50. The van der Waals surface area contributed by atoms with Crippen molar-refractivity contribution in [3.63, 3.8) is 0 Å². The molecule has 0 aliphatic carbocycles. The van der Waals surface area contributed by atoms with Crippen LogP contribution in [0, 0.1) is 0 Å². The number of nitrogens with zero attached hydrogens (tertiary/aromatic N) is 1. The standard InChI is InChI=1S/C16H21N3O3/c1-10(2)19-15(20)9-14(18-16(19)21)17-11(3)12-5-7-13(22-4)8-6-12/h5-11,17H,1-4H3,(H,18,21)/t11-/m0/s1. The number of anilines is 1. The molecule has 1 heterocycles. The summed E-state index contributed by atoms with van der Waals surface area (Å²) >= 11 is 0. The molecular formula is C16H21N3O3. The molecule has 0 aliphatic heterocycles. The molecule has 0 unspecified atom stereocenters. The Morgan fingerprint density at radius 2 is 1.77 bits per heavy atom. The van der Waals surface area contributed by atoms with E-state index in [0.717, 1.165) is 11.3 Å². The highest BCUT2D eigenvalue weighted by Crippen LogP contribution is 2.19. The number of ether oxygens (including phenoxy) is 1. The lowest BCUT2D eigenvalue weighted by atomic mass is 10.1. The van der Waals surface area contributed by atoms with Crippen LogP contribution in [0.15, 0.2) is 39.9 Å². The number of aromatic nitrogens is 2. The van der Waals surface area contributed by atoms with Crippen LogP contribution in [0.25, 0.3) is 0 Å². The van der Waals surface area contributed by atoms with Crippen LogP contribution >= 0.6 is 0 Å². The minimum atomic E-state index is -0.410. The van der Waals surface area contributed by atoms with Gasteiger partial charge in [-0.15, -0.1) is 0 Å². The maximum atomic E-state index is 12.0. The van der Waals surface area contributed by atoms with Gasteiger partial charge in [0.05, 0.1) is 7.11 Å². The predicted molar refractivity (Wildman–Crippen MR) is 86.7 cm³/mol. The zero-order valence-corrected chi connectivity index (χ0v) is 13.2. The zero-order valence-electron chi connectivity index (χ0n) is 13.2. The highest BCUT2D eigenvalue weighted by Gasteiger charge is 2.10. The quantitative estimate of drug-likeness (QED) is 0.888. The average molecular weight is 303 g/mol. The van der Waals surface area contributed by atoms with Gasteiger partial charge in [-0.05, 0) is 38.5 Å². The van der Waals surface area contributed by atoms with Gasteiger partial charge in [0.1, 0.15) is 11.6 Å². The summed E-state index contributed by atoms with van der Waals surface area (Å²) in [6.07, 6.45) is 0. The molecule has 0 saturated carbocycles. The van der Waals surface area contributed by atoms with Crippen LogP contribution in [-0.2, 0) is 0 Å². The lowest BCUT2D eigenvalue weighted by Gasteiger charge is -2.16. The molecule has 2 N–H and O–H groups in total. The van der Waals surface area contributed by atoms with E-state index < -0.39 is 5.69 Å². The second-order valence-electron chi connectivity index (χ2n) is 5.43. The first-order chi connectivity index (χ1) is 10.4. The summed E-state index contributed by atoms with van der Waals surface area (Å²) < 4.78 is 6.31. The van der Waals surface area contributed by atoms with Gasteiger partial charge in [0, 0.05) is 18.2 Å². The predicted octanol–water partition coefficient (Wildman–Crippen LogP) is 2.30. The molecule has 0 bridgehead atoms. The van der Waals surface area contributed by atoms with Crippen LogP contribution in [0.2, 0.25) is 0 Å². The average Bonchev–Trinajstić information content (AvgIpc) is 2.46. The molecule has 0 saturated heterocycles. The molecule has 6 nitrogen and oxygen atoms in total. The lowest BCUT2D eigenvalue weighted by molar-refractivity contribution is 0.414. The van der Waals surface area contributed by atoms with Crippen LogP contribution in [0.5, 0.6) is 5.75 Å². The van der Waals surface area contributed by atoms with Crippen molar-refractivity contribution in [1.82, 2.24) is 9.55 Å². The Balaban J connectivity index is 2.23. The van der Waals surface area contributed by atoms with Crippen LogP contribution in [-0.4, -0.2) is 16.7 Å². The summed E-state index contributed by atoms with van der Waals surface area (Å²) in [5.41, 5.74) is 0.296. The van der Waals surface area contributed by atoms with Crippen molar-refractivity contribution in [2.75, 3.05) is 12.4 Å². The van der Waals surface area contributed by atoms with E-state index in [1.165, 1.54) is 10.6 Å². The van der Waals surface area contributed by atoms with E-state index in [2.05, 4.69) is 10.3 Å². The van der Waals surface area contributed by atoms with Gasteiger partial charge in [-0.3, -0.25) is 14.3 Å². The number of H-pyrrole nitrogens is 1. The molecule has 1 aromatic heterocycles. The second-order valence-corrected chi connectivity index (χ2v) is 5.43. The number of rotatable bonds is 5. The van der Waals surface area contributed by atoms with E-state index in [-0.39, 0.29) is 17.6 Å². The fourth-order valence-electron chi connectivity index (χ4n) is 2.28. The fraction of sp³-hybridized carbons (Fsp3) is 0.375. The third-order valence-electron chi connectivity index (χ3n) is 3.47. The maximum absolute atomic E-state index is 12.0. The van der Waals surface area contributed by atoms with E-state index in [1.807, 2.05) is 31.2 Å². The van der Waals surface area contributed by atoms with Crippen LogP contribution in [0.3, 0.4) is 0 Å². The number of benzene rings is 1. The van der Waals surface area contributed by atoms with Gasteiger partial charge in [-0.2, -0.15) is 0 Å². The summed E-state index contributed by atoms with van der Waals surface area (Å²) in [5, 5.41) is 3.13. The third kappa shape index (κ3) is 3.39. The molecule has 0 spiro atoms. The van der Waals surface area contributed by atoms with Crippen LogP contribution < -0.4 is 21.3 Å². The van der Waals surface area contributed by atoms with Gasteiger partial charge in [0.15, 0.2) is 0 Å². The maximum Gasteiger partial charge on any atom is 0.330 e. The first-order valence-electron chi connectivity index (χ1n) is 7.18. The number of aromatic amines is 1. The Morgan fingerprint density at radius 3 is 2.27 bits per heavy atom. The minimum Gasteiger partial charge on any atom is -0.497 e. The summed E-state index contributed by atoms with van der Waals surface area (Å²) in [7, 11) is 1.62. The highest BCUT2D eigenvalue weighted by molar-refractivity contribution is 5.38. The summed E-state index contributed by atoms with van der Waals surface area (Å²) in [6, 6.07) is 8.77. The first-order valence-corrected chi connectivity index (χ1v) is 7.18. The monoisotopic (exact) mass is 303 g/mol. The topological polar surface area (TPSA) is 76.1 Å². The molecule has 1 atom stereocenters. The number of hydrogen-bond donors (Lipinski definition) is 2. The van der Waals surface area contributed by atoms with Crippen molar-refractivity contribution >= 4 is 5.82 Å². The number of hydrogen-bond acceptors (Lipinski definition) is 4. The third-order valence-corrected chi connectivity index (χ3v) is 3.47. The fourth-order valence-corrected chi connectivity index (χ4v) is 2.28. The van der Waals surface area contributed by atoms with E-state index >= 15 is 0 Å². The molecule has 1 aromatic carbocycles. The Labute approximate surface area is 128 Å². The molecule has 2 aromatic rings. The second kappa shape index (κ2) is 6.51. The largest absolute Gasteiger partial charge is 0.497 e. The zero-order chi connectivity index (χ0) is 16.3. The van der Waals surface area contributed by atoms with Crippen LogP contribution in [0.1, 0.15) is 38.4 Å². The molecule has 0 amide bonds. The Morgan fingerprint density at radius 1 is 1.14 bits per heavy atom. The number of methoxy groups -OCH3 is 1. The van der Waals surface area contributed by atoms with E-state index in [1.54, 1.807) is 21.0 Å². The lowest BCUT2D eigenvalue weighted by Crippen LogP contribution is -2.36. The Kier molecular flexibility index (Phi) is 4.70. The first kappa shape index (κ1) is 15.9. The van der Waals surface area contributed by atoms with E-state index in [4.69, 9.17) is 4.74 Å². The molecule has 0 aliphatic rings. The molecule has 118 valence electrons.